The van der Waals surface area contributed by atoms with Crippen LogP contribution in [-0.2, 0) is 0 Å². The molecule has 1 aliphatic heterocycles. The van der Waals surface area contributed by atoms with E-state index in [1.807, 2.05) is 12.4 Å². The molecule has 0 spiro atoms. The molecule has 3 rings (SSSR count). The molecule has 0 radical (unpaired) electrons. The number of nitrogens with zero attached hydrogens (tertiary/aromatic N) is 3. The molecule has 104 valence electrons. The smallest absolute Gasteiger partial charge is 0.115 e. The molecule has 0 N–H and O–H groups in total. The molecule has 0 aliphatic carbocycles. The van der Waals surface area contributed by atoms with Gasteiger partial charge in [0.15, 0.2) is 0 Å². The van der Waals surface area contributed by atoms with Gasteiger partial charge in [-0.05, 0) is 44.0 Å². The van der Waals surface area contributed by atoms with Crippen molar-refractivity contribution < 1.29 is 0 Å². The van der Waals surface area contributed by atoms with Gasteiger partial charge in [0, 0.05) is 24.0 Å². The average molecular weight is 267 g/mol. The minimum atomic E-state index is 0.511. The number of aromatic nitrogens is 2. The normalized spacial score (nSPS) is 17.9. The van der Waals surface area contributed by atoms with E-state index in [4.69, 9.17) is 0 Å². The highest BCUT2D eigenvalue weighted by Gasteiger charge is 2.17. The lowest BCUT2D eigenvalue weighted by Crippen LogP contribution is -2.32. The van der Waals surface area contributed by atoms with Crippen LogP contribution in [0.2, 0.25) is 0 Å². The van der Waals surface area contributed by atoms with Crippen LogP contribution in [-0.4, -0.2) is 28.0 Å². The Balaban J connectivity index is 1.75. The lowest BCUT2D eigenvalue weighted by molar-refractivity contribution is 0.175. The van der Waals surface area contributed by atoms with Crippen molar-refractivity contribution in [1.82, 2.24) is 14.9 Å². The third-order valence-electron chi connectivity index (χ3n) is 4.23. The fraction of sp³-hybridized carbons (Fsp3) is 0.412. The molecule has 3 nitrogen and oxygen atoms in total. The molecule has 20 heavy (non-hydrogen) atoms. The Hall–Kier alpha value is -1.74. The summed E-state index contributed by atoms with van der Waals surface area (Å²) in [5.74, 6) is 0. The Bertz CT molecular complexity index is 530. The first-order valence-corrected chi connectivity index (χ1v) is 7.44. The molecule has 0 bridgehead atoms. The molecular weight excluding hydrogens is 246 g/mol. The highest BCUT2D eigenvalue weighted by Crippen LogP contribution is 2.26. The van der Waals surface area contributed by atoms with Gasteiger partial charge in [-0.15, -0.1) is 0 Å². The summed E-state index contributed by atoms with van der Waals surface area (Å²) in [5, 5.41) is 0. The fourth-order valence-corrected chi connectivity index (χ4v) is 2.92. The molecule has 3 heteroatoms. The minimum Gasteiger partial charge on any atom is -0.297 e. The number of hydrogen-bond donors (Lipinski definition) is 0. The minimum absolute atomic E-state index is 0.511. The highest BCUT2D eigenvalue weighted by molar-refractivity contribution is 5.61. The van der Waals surface area contributed by atoms with Crippen molar-refractivity contribution in [1.29, 1.82) is 0 Å². The van der Waals surface area contributed by atoms with Gasteiger partial charge in [-0.3, -0.25) is 4.90 Å². The van der Waals surface area contributed by atoms with Crippen LogP contribution in [0, 0.1) is 0 Å². The molecule has 0 saturated carbocycles. The molecule has 1 fully saturated rings. The Kier molecular flexibility index (Phi) is 4.07. The predicted octanol–water partition coefficient (Wildman–Crippen LogP) is 3.69. The molecule has 1 saturated heterocycles. The van der Waals surface area contributed by atoms with E-state index in [1.54, 1.807) is 6.33 Å². The summed E-state index contributed by atoms with van der Waals surface area (Å²) >= 11 is 0. The molecule has 0 amide bonds. The first-order valence-electron chi connectivity index (χ1n) is 7.44. The fourth-order valence-electron chi connectivity index (χ4n) is 2.92. The van der Waals surface area contributed by atoms with Gasteiger partial charge in [0.05, 0.1) is 0 Å². The largest absolute Gasteiger partial charge is 0.297 e. The lowest BCUT2D eigenvalue weighted by Gasteiger charge is -2.32. The number of rotatable bonds is 3. The van der Waals surface area contributed by atoms with Gasteiger partial charge in [0.1, 0.15) is 6.33 Å². The van der Waals surface area contributed by atoms with E-state index in [2.05, 4.69) is 46.1 Å². The number of benzene rings is 1. The standard InChI is InChI=1S/C17H21N3/c1-14(20-9-3-2-4-10-20)15-5-7-16(8-6-15)17-11-18-13-19-12-17/h5-8,11-14H,2-4,9-10H2,1H3/t14-/m0/s1. The zero-order valence-corrected chi connectivity index (χ0v) is 12.0. The third kappa shape index (κ3) is 2.88. The number of hydrogen-bond acceptors (Lipinski definition) is 3. The van der Waals surface area contributed by atoms with Crippen molar-refractivity contribution in [3.63, 3.8) is 0 Å². The topological polar surface area (TPSA) is 29.0 Å². The summed E-state index contributed by atoms with van der Waals surface area (Å²) in [6.45, 7) is 4.77. The second kappa shape index (κ2) is 6.14. The van der Waals surface area contributed by atoms with Crippen LogP contribution in [0.25, 0.3) is 11.1 Å². The zero-order valence-electron chi connectivity index (χ0n) is 12.0. The van der Waals surface area contributed by atoms with E-state index in [-0.39, 0.29) is 0 Å². The quantitative estimate of drug-likeness (QED) is 0.849. The van der Waals surface area contributed by atoms with Gasteiger partial charge in [-0.2, -0.15) is 0 Å². The van der Waals surface area contributed by atoms with Gasteiger partial charge in [-0.25, -0.2) is 9.97 Å². The molecular formula is C17H21N3. The van der Waals surface area contributed by atoms with Crippen LogP contribution in [0.15, 0.2) is 43.0 Å². The molecule has 2 aromatic rings. The summed E-state index contributed by atoms with van der Waals surface area (Å²) in [6.07, 6.45) is 9.34. The van der Waals surface area contributed by atoms with Crippen LogP contribution in [0.4, 0.5) is 0 Å². The van der Waals surface area contributed by atoms with E-state index in [0.717, 1.165) is 5.56 Å². The maximum absolute atomic E-state index is 4.07. The van der Waals surface area contributed by atoms with Crippen LogP contribution >= 0.6 is 0 Å². The van der Waals surface area contributed by atoms with Crippen molar-refractivity contribution >= 4 is 0 Å². The van der Waals surface area contributed by atoms with E-state index >= 15 is 0 Å². The Morgan fingerprint density at radius 3 is 2.20 bits per heavy atom. The number of piperidine rings is 1. The summed E-state index contributed by atoms with van der Waals surface area (Å²) in [6, 6.07) is 9.34. The second-order valence-corrected chi connectivity index (χ2v) is 5.52. The Morgan fingerprint density at radius 2 is 1.55 bits per heavy atom. The highest BCUT2D eigenvalue weighted by atomic mass is 15.2. The maximum atomic E-state index is 4.07. The average Bonchev–Trinajstić information content (AvgIpc) is 2.56. The van der Waals surface area contributed by atoms with E-state index in [0.29, 0.717) is 6.04 Å². The molecule has 0 unspecified atom stereocenters. The van der Waals surface area contributed by atoms with Gasteiger partial charge < -0.3 is 0 Å². The second-order valence-electron chi connectivity index (χ2n) is 5.52. The molecule has 1 atom stereocenters. The predicted molar refractivity (Wildman–Crippen MR) is 81.3 cm³/mol. The van der Waals surface area contributed by atoms with Crippen LogP contribution in [0.3, 0.4) is 0 Å². The molecule has 2 heterocycles. The summed E-state index contributed by atoms with van der Waals surface area (Å²) < 4.78 is 0. The first-order chi connectivity index (χ1) is 9.84. The van der Waals surface area contributed by atoms with E-state index < -0.39 is 0 Å². The monoisotopic (exact) mass is 267 g/mol. The molecule has 1 aromatic heterocycles. The Morgan fingerprint density at radius 1 is 0.900 bits per heavy atom. The number of likely N-dealkylation sites (tertiary alicyclic amines) is 1. The van der Waals surface area contributed by atoms with Gasteiger partial charge >= 0.3 is 0 Å². The first kappa shape index (κ1) is 13.3. The van der Waals surface area contributed by atoms with Crippen molar-refractivity contribution in [2.45, 2.75) is 32.2 Å². The van der Waals surface area contributed by atoms with E-state index in [9.17, 15) is 0 Å². The summed E-state index contributed by atoms with van der Waals surface area (Å²) in [7, 11) is 0. The van der Waals surface area contributed by atoms with Gasteiger partial charge in [0.2, 0.25) is 0 Å². The Labute approximate surface area is 120 Å². The van der Waals surface area contributed by atoms with E-state index in [1.165, 1.54) is 43.5 Å². The SMILES string of the molecule is C[C@@H](c1ccc(-c2cncnc2)cc1)N1CCCCC1. The van der Waals surface area contributed by atoms with Crippen LogP contribution in [0.1, 0.15) is 37.8 Å². The van der Waals surface area contributed by atoms with Crippen LogP contribution < -0.4 is 0 Å². The summed E-state index contributed by atoms with van der Waals surface area (Å²) in [5.41, 5.74) is 3.65. The van der Waals surface area contributed by atoms with Gasteiger partial charge in [0.25, 0.3) is 0 Å². The maximum Gasteiger partial charge on any atom is 0.115 e. The third-order valence-corrected chi connectivity index (χ3v) is 4.23. The van der Waals surface area contributed by atoms with Gasteiger partial charge in [-0.1, -0.05) is 30.7 Å². The molecule has 1 aromatic carbocycles. The van der Waals surface area contributed by atoms with Crippen molar-refractivity contribution in [2.75, 3.05) is 13.1 Å². The zero-order chi connectivity index (χ0) is 13.8. The van der Waals surface area contributed by atoms with Crippen molar-refractivity contribution in [2.24, 2.45) is 0 Å². The van der Waals surface area contributed by atoms with Crippen molar-refractivity contribution in [3.05, 3.63) is 48.5 Å². The lowest BCUT2D eigenvalue weighted by atomic mass is 10.0. The van der Waals surface area contributed by atoms with Crippen LogP contribution in [0.5, 0.6) is 0 Å². The summed E-state index contributed by atoms with van der Waals surface area (Å²) in [4.78, 5) is 10.7. The molecule has 1 aliphatic rings. The van der Waals surface area contributed by atoms with Crippen molar-refractivity contribution in [3.8, 4) is 11.1 Å².